The SMILES string of the molecule is [C-]#[N+]CCOP1(=S)OC[C@H]2O[C@@H](n3cnc4c(NC(=O)c5ccccc5)ncnc43)[C@@H](F)C2OP(=S)(OCCC#N)OC[C@H]2O[C@@H](n3ccc(=O)[nH]c3=O)C(F)[C@H]2O1. The molecule has 3 saturated heterocycles. The molecule has 58 heavy (non-hydrogen) atoms. The Balaban J connectivity index is 1.21. The number of rotatable bonds is 10. The Kier molecular flexibility index (Phi) is 12.9. The standard InChI is InChI=1S/C32H31F2N9O11P2S2/c1-36-10-13-48-56(58)50-15-20-26(23(34)31(52-20)43-17-39-24-27(37-16-38-28(24)43)41-29(45)18-6-3-2-4-7-18)53-55(57,47-12-5-9-35)49-14-19-25(54-56)22(33)30(51-19)42-11-8-21(44)40-32(42)46/h2-4,6-8,11,16-17,19-20,22-23,25-26,30-31H,5,10,12-15H2,(H,40,44,46)(H,37,38,41,45)/t19-,20-,22?,23+,25+,26?,30-,31-,55?,56?/m1/s1. The minimum atomic E-state index is -4.08. The van der Waals surface area contributed by atoms with Gasteiger partial charge in [-0.05, 0) is 35.7 Å². The number of H-pyrrole nitrogens is 1. The minimum Gasteiger partial charge on any atom is -0.346 e. The van der Waals surface area contributed by atoms with E-state index < -0.39 is 93.0 Å². The van der Waals surface area contributed by atoms with E-state index in [1.54, 1.807) is 30.3 Å². The maximum Gasteiger partial charge on any atom is 0.330 e. The molecule has 7 rings (SSSR count). The smallest absolute Gasteiger partial charge is 0.330 e. The second kappa shape index (κ2) is 17.9. The van der Waals surface area contributed by atoms with Gasteiger partial charge in [0.25, 0.3) is 11.5 Å². The molecule has 1 aromatic carbocycles. The van der Waals surface area contributed by atoms with Crippen molar-refractivity contribution < 1.29 is 50.2 Å². The summed E-state index contributed by atoms with van der Waals surface area (Å²) in [5.41, 5.74) is -1.21. The third-order valence-corrected chi connectivity index (χ3v) is 13.5. The fourth-order valence-corrected chi connectivity index (χ4v) is 10.3. The number of ether oxygens (including phenoxy) is 2. The second-order valence-electron chi connectivity index (χ2n) is 12.5. The van der Waals surface area contributed by atoms with Crippen LogP contribution in [-0.4, -0.2) is 105 Å². The summed E-state index contributed by atoms with van der Waals surface area (Å²) in [7, 11) is 0. The number of amides is 1. The lowest BCUT2D eigenvalue weighted by Gasteiger charge is -2.32. The van der Waals surface area contributed by atoms with Gasteiger partial charge < -0.3 is 37.7 Å². The van der Waals surface area contributed by atoms with Crippen LogP contribution in [0.15, 0.2) is 64.8 Å². The first-order valence-electron chi connectivity index (χ1n) is 17.2. The van der Waals surface area contributed by atoms with E-state index in [-0.39, 0.29) is 43.2 Å². The van der Waals surface area contributed by atoms with Gasteiger partial charge in [0.2, 0.25) is 6.54 Å². The maximum absolute atomic E-state index is 16.9. The first kappa shape index (κ1) is 41.9. The van der Waals surface area contributed by atoms with Crippen LogP contribution in [0.5, 0.6) is 0 Å². The van der Waals surface area contributed by atoms with Gasteiger partial charge >= 0.3 is 19.1 Å². The number of alkyl halides is 2. The van der Waals surface area contributed by atoms with Gasteiger partial charge in [-0.1, -0.05) is 18.2 Å². The second-order valence-corrected chi connectivity index (χ2v) is 18.4. The molecule has 4 aromatic rings. The first-order valence-corrected chi connectivity index (χ1v) is 22.3. The fourth-order valence-electron chi connectivity index (χ4n) is 6.11. The number of aromatic nitrogens is 6. The Bertz CT molecular complexity index is 2450. The van der Waals surface area contributed by atoms with Crippen molar-refractivity contribution in [2.45, 2.75) is 55.6 Å². The van der Waals surface area contributed by atoms with E-state index in [0.717, 1.165) is 23.2 Å². The van der Waals surface area contributed by atoms with Crippen LogP contribution in [0.3, 0.4) is 0 Å². The fraction of sp³-hybridized carbons (Fsp3) is 0.438. The molecule has 0 radical (unpaired) electrons. The number of hydrogen-bond acceptors (Lipinski definition) is 17. The number of fused-ring (bicyclic) bond motifs is 3. The highest BCUT2D eigenvalue weighted by Gasteiger charge is 2.54. The molecule has 10 atom stereocenters. The quantitative estimate of drug-likeness (QED) is 0.132. The number of aromatic amines is 1. The van der Waals surface area contributed by atoms with Gasteiger partial charge in [0.05, 0.1) is 38.6 Å². The zero-order chi connectivity index (χ0) is 41.0. The van der Waals surface area contributed by atoms with Crippen LogP contribution in [-0.2, 0) is 60.2 Å². The number of halogens is 2. The van der Waals surface area contributed by atoms with Crippen LogP contribution in [0.25, 0.3) is 16.0 Å². The first-order chi connectivity index (χ1) is 27.9. The lowest BCUT2D eigenvalue weighted by Crippen LogP contribution is -2.38. The monoisotopic (exact) mass is 881 g/mol. The van der Waals surface area contributed by atoms with Crippen molar-refractivity contribution in [3.8, 4) is 6.07 Å². The summed E-state index contributed by atoms with van der Waals surface area (Å²) in [6, 6.07) is 11.2. The van der Waals surface area contributed by atoms with Crippen molar-refractivity contribution in [2.75, 3.05) is 38.3 Å². The van der Waals surface area contributed by atoms with E-state index in [1.807, 2.05) is 11.1 Å². The van der Waals surface area contributed by atoms with Crippen molar-refractivity contribution in [3.05, 3.63) is 93.1 Å². The topological polar surface area (TPSA) is 230 Å². The number of benzene rings is 1. The highest BCUT2D eigenvalue weighted by molar-refractivity contribution is 8.07. The molecular formula is C32H31F2N9O11P2S2. The number of anilines is 1. The van der Waals surface area contributed by atoms with Gasteiger partial charge in [-0.15, -0.1) is 0 Å². The van der Waals surface area contributed by atoms with E-state index in [0.29, 0.717) is 5.56 Å². The molecule has 306 valence electrons. The summed E-state index contributed by atoms with van der Waals surface area (Å²) in [6.45, 7) is -3.02. The van der Waals surface area contributed by atoms with E-state index in [9.17, 15) is 19.6 Å². The normalized spacial score (nSPS) is 31.2. The van der Waals surface area contributed by atoms with Crippen molar-refractivity contribution in [2.24, 2.45) is 0 Å². The summed E-state index contributed by atoms with van der Waals surface area (Å²) in [5.74, 6) is -0.445. The molecular weight excluding hydrogens is 850 g/mol. The van der Waals surface area contributed by atoms with E-state index in [1.165, 1.54) is 10.9 Å². The highest BCUT2D eigenvalue weighted by atomic mass is 32.5. The van der Waals surface area contributed by atoms with Crippen LogP contribution in [0.2, 0.25) is 0 Å². The van der Waals surface area contributed by atoms with Crippen molar-refractivity contribution in [1.82, 2.24) is 29.1 Å². The van der Waals surface area contributed by atoms with Crippen LogP contribution in [0.1, 0.15) is 29.2 Å². The lowest BCUT2D eigenvalue weighted by atomic mass is 10.1. The molecule has 3 aliphatic rings. The van der Waals surface area contributed by atoms with Crippen molar-refractivity contribution in [3.63, 3.8) is 0 Å². The molecule has 0 aliphatic carbocycles. The molecule has 3 fully saturated rings. The lowest BCUT2D eigenvalue weighted by molar-refractivity contribution is -0.0623. The number of nitriles is 1. The largest absolute Gasteiger partial charge is 0.346 e. The van der Waals surface area contributed by atoms with Crippen molar-refractivity contribution >= 4 is 59.9 Å². The number of carbonyl (C=O) groups is 1. The van der Waals surface area contributed by atoms with Crippen LogP contribution in [0, 0.1) is 17.9 Å². The van der Waals surface area contributed by atoms with E-state index >= 15 is 8.78 Å². The molecule has 0 saturated carbocycles. The predicted molar refractivity (Wildman–Crippen MR) is 202 cm³/mol. The summed E-state index contributed by atoms with van der Waals surface area (Å²) in [4.78, 5) is 55.3. The number of carbonyl (C=O) groups excluding carboxylic acids is 1. The van der Waals surface area contributed by atoms with Crippen LogP contribution in [0.4, 0.5) is 14.6 Å². The molecule has 1 amide bonds. The molecule has 3 aromatic heterocycles. The average Bonchev–Trinajstić information content (AvgIpc) is 3.86. The van der Waals surface area contributed by atoms with Crippen LogP contribution >= 0.6 is 13.4 Å². The molecule has 4 unspecified atom stereocenters. The molecule has 3 aliphatic heterocycles. The molecule has 0 bridgehead atoms. The Labute approximate surface area is 336 Å². The van der Waals surface area contributed by atoms with Gasteiger partial charge in [0.15, 0.2) is 41.8 Å². The Morgan fingerprint density at radius 3 is 2.24 bits per heavy atom. The zero-order valence-electron chi connectivity index (χ0n) is 29.6. The number of nitrogens with one attached hydrogen (secondary N) is 2. The molecule has 6 heterocycles. The van der Waals surface area contributed by atoms with Gasteiger partial charge in [-0.3, -0.25) is 32.8 Å². The van der Waals surface area contributed by atoms with Gasteiger partial charge in [0, 0.05) is 17.8 Å². The van der Waals surface area contributed by atoms with Gasteiger partial charge in [-0.2, -0.15) is 5.26 Å². The van der Waals surface area contributed by atoms with Crippen molar-refractivity contribution in [1.29, 1.82) is 5.26 Å². The Hall–Kier alpha value is -4.26. The van der Waals surface area contributed by atoms with Gasteiger partial charge in [-0.25, -0.2) is 35.1 Å². The summed E-state index contributed by atoms with van der Waals surface area (Å²) in [6.07, 6.45) is -10.3. The van der Waals surface area contributed by atoms with Gasteiger partial charge in [0.1, 0.15) is 37.4 Å². The Morgan fingerprint density at radius 1 is 0.983 bits per heavy atom. The summed E-state index contributed by atoms with van der Waals surface area (Å²) < 4.78 is 83.0. The summed E-state index contributed by atoms with van der Waals surface area (Å²) in [5, 5.41) is 11.9. The minimum absolute atomic E-state index is 0.0351. The number of nitrogens with zero attached hydrogens (tertiary/aromatic N) is 7. The number of imidazole rings is 1. The zero-order valence-corrected chi connectivity index (χ0v) is 33.1. The molecule has 26 heteroatoms. The third-order valence-electron chi connectivity index (χ3n) is 8.77. The third kappa shape index (κ3) is 8.99. The van der Waals surface area contributed by atoms with Crippen LogP contribution < -0.4 is 16.6 Å². The van der Waals surface area contributed by atoms with E-state index in [4.69, 9.17) is 66.8 Å². The molecule has 20 nitrogen and oxygen atoms in total. The maximum atomic E-state index is 16.9. The molecule has 0 spiro atoms. The molecule has 2 N–H and O–H groups in total. The Morgan fingerprint density at radius 2 is 1.62 bits per heavy atom. The summed E-state index contributed by atoms with van der Waals surface area (Å²) >= 11 is 11.4. The van der Waals surface area contributed by atoms with E-state index in [2.05, 4.69) is 25.1 Å². The highest BCUT2D eigenvalue weighted by Crippen LogP contribution is 2.58. The predicted octanol–water partition coefficient (Wildman–Crippen LogP) is 3.23. The number of hydrogen-bond donors (Lipinski definition) is 2. The average molecular weight is 882 g/mol.